The van der Waals surface area contributed by atoms with Gasteiger partial charge in [0.1, 0.15) is 5.82 Å². The summed E-state index contributed by atoms with van der Waals surface area (Å²) in [4.78, 5) is 19.5. The number of aromatic nitrogens is 2. The minimum atomic E-state index is -0.213. The summed E-state index contributed by atoms with van der Waals surface area (Å²) in [5.74, 6) is 0.864. The van der Waals surface area contributed by atoms with Crippen molar-refractivity contribution in [2.75, 3.05) is 16.8 Å². The number of hydrogen-bond donors (Lipinski definition) is 1. The van der Waals surface area contributed by atoms with Crippen LogP contribution in [0.15, 0.2) is 72.8 Å². The number of nitrogens with zero attached hydrogens (tertiary/aromatic N) is 3. The fourth-order valence-corrected chi connectivity index (χ4v) is 4.01. The molecule has 0 atom stereocenters. The number of carbonyl (C=O) groups is 1. The van der Waals surface area contributed by atoms with Crippen LogP contribution in [0, 0.1) is 0 Å². The van der Waals surface area contributed by atoms with E-state index in [9.17, 15) is 4.79 Å². The van der Waals surface area contributed by atoms with Gasteiger partial charge in [-0.2, -0.15) is 0 Å². The highest BCUT2D eigenvalue weighted by atomic mass is 35.5. The zero-order valence-electron chi connectivity index (χ0n) is 15.7. The van der Waals surface area contributed by atoms with Gasteiger partial charge in [0.05, 0.1) is 28.2 Å². The van der Waals surface area contributed by atoms with Crippen LogP contribution in [-0.4, -0.2) is 22.0 Å². The lowest BCUT2D eigenvalue weighted by molar-refractivity contribution is 0.102. The molecular weight excluding hydrogens is 384 g/mol. The SMILES string of the molecule is O=C(Nc1ccc(N2CCn3c(nc4ccccc43)C2)cc1)c1ccccc1Cl. The molecule has 0 bridgehead atoms. The molecule has 1 aliphatic heterocycles. The molecular formula is C23H19ClN4O. The molecule has 29 heavy (non-hydrogen) atoms. The molecule has 1 amide bonds. The van der Waals surface area contributed by atoms with Gasteiger partial charge in [0, 0.05) is 24.5 Å². The van der Waals surface area contributed by atoms with E-state index < -0.39 is 0 Å². The molecule has 1 N–H and O–H groups in total. The molecule has 1 aliphatic rings. The molecule has 6 heteroatoms. The summed E-state index contributed by atoms with van der Waals surface area (Å²) < 4.78 is 2.30. The quantitative estimate of drug-likeness (QED) is 0.526. The van der Waals surface area contributed by atoms with Crippen molar-refractivity contribution in [1.82, 2.24) is 9.55 Å². The van der Waals surface area contributed by atoms with Gasteiger partial charge in [0.15, 0.2) is 0 Å². The summed E-state index contributed by atoms with van der Waals surface area (Å²) in [5.41, 5.74) is 4.55. The molecule has 0 saturated carbocycles. The van der Waals surface area contributed by atoms with E-state index in [0.717, 1.165) is 42.4 Å². The Morgan fingerprint density at radius 1 is 0.931 bits per heavy atom. The Bertz CT molecular complexity index is 1200. The van der Waals surface area contributed by atoms with E-state index in [1.807, 2.05) is 30.3 Å². The van der Waals surface area contributed by atoms with Crippen molar-refractivity contribution in [3.63, 3.8) is 0 Å². The molecule has 144 valence electrons. The Kier molecular flexibility index (Phi) is 4.45. The summed E-state index contributed by atoms with van der Waals surface area (Å²) in [7, 11) is 0. The maximum atomic E-state index is 12.4. The van der Waals surface area contributed by atoms with Crippen LogP contribution in [-0.2, 0) is 13.1 Å². The summed E-state index contributed by atoms with van der Waals surface area (Å²) in [6, 6.07) is 23.2. The standard InChI is InChI=1S/C23H19ClN4O/c24-19-6-2-1-5-18(19)23(29)25-16-9-11-17(12-10-16)27-13-14-28-21-8-4-3-7-20(21)26-22(28)15-27/h1-12H,13-15H2,(H,25,29). The van der Waals surface area contributed by atoms with E-state index in [-0.39, 0.29) is 5.91 Å². The molecule has 0 unspecified atom stereocenters. The van der Waals surface area contributed by atoms with Gasteiger partial charge in [-0.1, -0.05) is 35.9 Å². The normalized spacial score (nSPS) is 13.3. The maximum Gasteiger partial charge on any atom is 0.257 e. The van der Waals surface area contributed by atoms with Gasteiger partial charge in [0.2, 0.25) is 0 Å². The van der Waals surface area contributed by atoms with Crippen LogP contribution < -0.4 is 10.2 Å². The molecule has 4 aromatic rings. The van der Waals surface area contributed by atoms with Crippen LogP contribution in [0.2, 0.25) is 5.02 Å². The highest BCUT2D eigenvalue weighted by Gasteiger charge is 2.20. The second kappa shape index (κ2) is 7.26. The van der Waals surface area contributed by atoms with E-state index in [1.165, 1.54) is 5.52 Å². The van der Waals surface area contributed by atoms with E-state index >= 15 is 0 Å². The first-order chi connectivity index (χ1) is 14.2. The maximum absolute atomic E-state index is 12.4. The third kappa shape index (κ3) is 3.34. The minimum Gasteiger partial charge on any atom is -0.362 e. The van der Waals surface area contributed by atoms with Crippen molar-refractivity contribution >= 4 is 39.9 Å². The second-order valence-corrected chi connectivity index (χ2v) is 7.48. The molecule has 0 saturated heterocycles. The van der Waals surface area contributed by atoms with Crippen LogP contribution in [0.1, 0.15) is 16.2 Å². The van der Waals surface area contributed by atoms with E-state index in [0.29, 0.717) is 10.6 Å². The lowest BCUT2D eigenvalue weighted by atomic mass is 10.2. The van der Waals surface area contributed by atoms with Crippen LogP contribution >= 0.6 is 11.6 Å². The number of nitrogens with one attached hydrogen (secondary N) is 1. The average Bonchev–Trinajstić information content (AvgIpc) is 3.12. The molecule has 3 aromatic carbocycles. The molecule has 5 nitrogen and oxygen atoms in total. The number of amides is 1. The van der Waals surface area contributed by atoms with Crippen LogP contribution in [0.5, 0.6) is 0 Å². The third-order valence-electron chi connectivity index (χ3n) is 5.27. The fourth-order valence-electron chi connectivity index (χ4n) is 3.79. The van der Waals surface area contributed by atoms with Gasteiger partial charge in [-0.25, -0.2) is 4.98 Å². The second-order valence-electron chi connectivity index (χ2n) is 7.07. The zero-order valence-corrected chi connectivity index (χ0v) is 16.4. The number of anilines is 2. The molecule has 1 aromatic heterocycles. The number of hydrogen-bond acceptors (Lipinski definition) is 3. The van der Waals surface area contributed by atoms with E-state index in [2.05, 4.69) is 33.0 Å². The highest BCUT2D eigenvalue weighted by molar-refractivity contribution is 6.34. The first-order valence-corrected chi connectivity index (χ1v) is 9.92. The van der Waals surface area contributed by atoms with Gasteiger partial charge in [-0.05, 0) is 48.5 Å². The predicted molar refractivity (Wildman–Crippen MR) is 117 cm³/mol. The smallest absolute Gasteiger partial charge is 0.257 e. The average molecular weight is 403 g/mol. The molecule has 2 heterocycles. The van der Waals surface area contributed by atoms with E-state index in [4.69, 9.17) is 16.6 Å². The number of carbonyl (C=O) groups excluding carboxylic acids is 1. The summed E-state index contributed by atoms with van der Waals surface area (Å²) in [6.07, 6.45) is 0. The lowest BCUT2D eigenvalue weighted by Crippen LogP contribution is -2.33. The fraction of sp³-hybridized carbons (Fsp3) is 0.130. The Labute approximate surface area is 173 Å². The third-order valence-corrected chi connectivity index (χ3v) is 5.60. The first kappa shape index (κ1) is 17.8. The highest BCUT2D eigenvalue weighted by Crippen LogP contribution is 2.26. The number of benzene rings is 3. The molecule has 0 fully saturated rings. The van der Waals surface area contributed by atoms with Crippen LogP contribution in [0.4, 0.5) is 11.4 Å². The van der Waals surface area contributed by atoms with E-state index in [1.54, 1.807) is 24.3 Å². The van der Waals surface area contributed by atoms with Crippen LogP contribution in [0.25, 0.3) is 11.0 Å². The van der Waals surface area contributed by atoms with Crippen molar-refractivity contribution in [2.24, 2.45) is 0 Å². The largest absolute Gasteiger partial charge is 0.362 e. The number of imidazole rings is 1. The number of para-hydroxylation sites is 2. The zero-order chi connectivity index (χ0) is 19.8. The first-order valence-electron chi connectivity index (χ1n) is 9.54. The van der Waals surface area contributed by atoms with Gasteiger partial charge < -0.3 is 14.8 Å². The Morgan fingerprint density at radius 3 is 2.52 bits per heavy atom. The molecule has 0 spiro atoms. The van der Waals surface area contributed by atoms with Gasteiger partial charge >= 0.3 is 0 Å². The Hall–Kier alpha value is -3.31. The van der Waals surface area contributed by atoms with Crippen molar-refractivity contribution in [1.29, 1.82) is 0 Å². The summed E-state index contributed by atoms with van der Waals surface area (Å²) in [5, 5.41) is 3.35. The van der Waals surface area contributed by atoms with Crippen LogP contribution in [0.3, 0.4) is 0 Å². The minimum absolute atomic E-state index is 0.213. The molecule has 5 rings (SSSR count). The number of halogens is 1. The van der Waals surface area contributed by atoms with Crippen molar-refractivity contribution in [2.45, 2.75) is 13.1 Å². The summed E-state index contributed by atoms with van der Waals surface area (Å²) in [6.45, 7) is 2.58. The van der Waals surface area contributed by atoms with Gasteiger partial charge in [-0.3, -0.25) is 4.79 Å². The van der Waals surface area contributed by atoms with Crippen molar-refractivity contribution < 1.29 is 4.79 Å². The lowest BCUT2D eigenvalue weighted by Gasteiger charge is -2.30. The number of rotatable bonds is 3. The Morgan fingerprint density at radius 2 is 1.69 bits per heavy atom. The predicted octanol–water partition coefficient (Wildman–Crippen LogP) is 4.96. The molecule has 0 aliphatic carbocycles. The summed E-state index contributed by atoms with van der Waals surface area (Å²) >= 11 is 6.11. The topological polar surface area (TPSA) is 50.2 Å². The number of fused-ring (bicyclic) bond motifs is 3. The van der Waals surface area contributed by atoms with Crippen molar-refractivity contribution in [3.8, 4) is 0 Å². The van der Waals surface area contributed by atoms with Gasteiger partial charge in [-0.15, -0.1) is 0 Å². The molecule has 0 radical (unpaired) electrons. The van der Waals surface area contributed by atoms with Gasteiger partial charge in [0.25, 0.3) is 5.91 Å². The Balaban J connectivity index is 1.32. The monoisotopic (exact) mass is 402 g/mol. The van der Waals surface area contributed by atoms with Crippen molar-refractivity contribution in [3.05, 3.63) is 89.2 Å².